The maximum absolute atomic E-state index is 12.2. The lowest BCUT2D eigenvalue weighted by atomic mass is 9.92. The average Bonchev–Trinajstić information content (AvgIpc) is 3.07. The number of aromatic amines is 1. The van der Waals surface area contributed by atoms with Gasteiger partial charge in [-0.3, -0.25) is 4.79 Å². The second kappa shape index (κ2) is 4.35. The Hall–Kier alpha value is -2.30. The lowest BCUT2D eigenvalue weighted by Gasteiger charge is -2.36. The summed E-state index contributed by atoms with van der Waals surface area (Å²) in [7, 11) is 1.38. The summed E-state index contributed by atoms with van der Waals surface area (Å²) in [4.78, 5) is 29.4. The van der Waals surface area contributed by atoms with Gasteiger partial charge in [0.15, 0.2) is 0 Å². The summed E-state index contributed by atoms with van der Waals surface area (Å²) in [5.74, 6) is -0.286. The molecule has 1 saturated heterocycles. The third-order valence-electron chi connectivity index (χ3n) is 4.64. The van der Waals surface area contributed by atoms with Crippen LogP contribution in [0.2, 0.25) is 0 Å². The molecule has 0 bridgehead atoms. The smallest absolute Gasteiger partial charge is 0.328 e. The Labute approximate surface area is 121 Å². The van der Waals surface area contributed by atoms with E-state index in [1.165, 1.54) is 7.11 Å². The Bertz CT molecular complexity index is 749. The molecular weight excluding hydrogens is 268 g/mol. The first kappa shape index (κ1) is 12.4. The zero-order chi connectivity index (χ0) is 14.6. The minimum atomic E-state index is -0.498. The number of nitrogens with one attached hydrogen (secondary N) is 1. The topological polar surface area (TPSA) is 62.4 Å². The number of H-pyrrole nitrogens is 1. The van der Waals surface area contributed by atoms with Crippen LogP contribution < -0.4 is 0 Å². The van der Waals surface area contributed by atoms with Crippen LogP contribution in [0.5, 0.6) is 0 Å². The van der Waals surface area contributed by atoms with Crippen LogP contribution in [0.1, 0.15) is 30.1 Å². The number of carbonyl (C=O) groups is 2. The molecule has 3 heterocycles. The van der Waals surface area contributed by atoms with Crippen LogP contribution in [0, 0.1) is 0 Å². The van der Waals surface area contributed by atoms with Crippen LogP contribution in [-0.4, -0.2) is 34.9 Å². The van der Waals surface area contributed by atoms with Gasteiger partial charge in [0, 0.05) is 29.4 Å². The lowest BCUT2D eigenvalue weighted by Crippen LogP contribution is -2.48. The molecule has 0 radical (unpaired) electrons. The zero-order valence-corrected chi connectivity index (χ0v) is 11.8. The van der Waals surface area contributed by atoms with E-state index in [0.29, 0.717) is 12.8 Å². The monoisotopic (exact) mass is 284 g/mol. The number of para-hydroxylation sites is 1. The van der Waals surface area contributed by atoms with Crippen molar-refractivity contribution in [2.24, 2.45) is 0 Å². The van der Waals surface area contributed by atoms with E-state index in [9.17, 15) is 9.59 Å². The number of nitrogens with zero attached hydrogens (tertiary/aromatic N) is 1. The number of rotatable bonds is 1. The molecule has 1 aromatic heterocycles. The molecule has 2 aliphatic heterocycles. The molecule has 21 heavy (non-hydrogen) atoms. The van der Waals surface area contributed by atoms with Crippen LogP contribution in [0.15, 0.2) is 24.3 Å². The van der Waals surface area contributed by atoms with Crippen molar-refractivity contribution in [2.45, 2.75) is 31.3 Å². The van der Waals surface area contributed by atoms with Gasteiger partial charge in [0.2, 0.25) is 5.91 Å². The summed E-state index contributed by atoms with van der Waals surface area (Å²) >= 11 is 0. The highest BCUT2D eigenvalue weighted by Crippen LogP contribution is 2.43. The number of fused-ring (bicyclic) bond motifs is 5. The molecule has 0 spiro atoms. The largest absolute Gasteiger partial charge is 0.467 e. The van der Waals surface area contributed by atoms with Gasteiger partial charge in [-0.05, 0) is 18.1 Å². The Kier molecular flexibility index (Phi) is 2.58. The van der Waals surface area contributed by atoms with Crippen molar-refractivity contribution >= 4 is 22.8 Å². The molecule has 2 atom stereocenters. The maximum Gasteiger partial charge on any atom is 0.328 e. The van der Waals surface area contributed by atoms with E-state index in [-0.39, 0.29) is 17.9 Å². The Balaban J connectivity index is 1.90. The summed E-state index contributed by atoms with van der Waals surface area (Å²) in [6.45, 7) is 0. The molecule has 2 aromatic rings. The van der Waals surface area contributed by atoms with Crippen LogP contribution in [0.4, 0.5) is 0 Å². The number of benzene rings is 1. The molecule has 1 aromatic carbocycles. The fraction of sp³-hybridized carbons (Fsp3) is 0.375. The number of aromatic nitrogens is 1. The fourth-order valence-corrected chi connectivity index (χ4v) is 3.73. The second-order valence-electron chi connectivity index (χ2n) is 5.66. The highest BCUT2D eigenvalue weighted by atomic mass is 16.5. The third kappa shape index (κ3) is 1.63. The van der Waals surface area contributed by atoms with Crippen molar-refractivity contribution in [3.63, 3.8) is 0 Å². The molecule has 1 N–H and O–H groups in total. The number of hydrogen-bond donors (Lipinski definition) is 1. The minimum Gasteiger partial charge on any atom is -0.467 e. The van der Waals surface area contributed by atoms with Crippen LogP contribution in [0.3, 0.4) is 0 Å². The molecular formula is C16H16N2O3. The molecule has 1 amide bonds. The Morgan fingerprint density at radius 1 is 1.38 bits per heavy atom. The quantitative estimate of drug-likeness (QED) is 0.814. The zero-order valence-electron chi connectivity index (χ0n) is 11.8. The first-order valence-corrected chi connectivity index (χ1v) is 7.19. The van der Waals surface area contributed by atoms with Gasteiger partial charge in [0.1, 0.15) is 6.04 Å². The van der Waals surface area contributed by atoms with Gasteiger partial charge in [-0.2, -0.15) is 0 Å². The number of esters is 1. The Morgan fingerprint density at radius 3 is 3.00 bits per heavy atom. The summed E-state index contributed by atoms with van der Waals surface area (Å²) in [5, 5.41) is 1.14. The van der Waals surface area contributed by atoms with Crippen molar-refractivity contribution in [1.82, 2.24) is 9.88 Å². The third-order valence-corrected chi connectivity index (χ3v) is 4.64. The number of carbonyl (C=O) groups excluding carboxylic acids is 2. The van der Waals surface area contributed by atoms with E-state index in [1.807, 2.05) is 18.2 Å². The van der Waals surface area contributed by atoms with E-state index in [4.69, 9.17) is 4.74 Å². The number of hydrogen-bond acceptors (Lipinski definition) is 3. The summed E-state index contributed by atoms with van der Waals surface area (Å²) in [5.41, 5.74) is 3.30. The molecule has 5 nitrogen and oxygen atoms in total. The van der Waals surface area contributed by atoms with E-state index in [1.54, 1.807) is 4.90 Å². The van der Waals surface area contributed by atoms with Gasteiger partial charge in [-0.15, -0.1) is 0 Å². The van der Waals surface area contributed by atoms with Crippen molar-refractivity contribution < 1.29 is 14.3 Å². The molecule has 108 valence electrons. The van der Waals surface area contributed by atoms with Gasteiger partial charge in [0.05, 0.1) is 13.2 Å². The molecule has 0 unspecified atom stereocenters. The SMILES string of the molecule is COC(=O)[C@@H]1Cc2c([nH]c3ccccc23)[C@H]2CCC(=O)N21. The normalized spacial score (nSPS) is 24.0. The van der Waals surface area contributed by atoms with Gasteiger partial charge < -0.3 is 14.6 Å². The molecule has 0 aliphatic carbocycles. The van der Waals surface area contributed by atoms with Gasteiger partial charge >= 0.3 is 5.97 Å². The molecule has 1 fully saturated rings. The highest BCUT2D eigenvalue weighted by molar-refractivity contribution is 5.91. The highest BCUT2D eigenvalue weighted by Gasteiger charge is 2.46. The number of methoxy groups -OCH3 is 1. The van der Waals surface area contributed by atoms with E-state index in [2.05, 4.69) is 11.1 Å². The number of ether oxygens (including phenoxy) is 1. The van der Waals surface area contributed by atoms with Crippen LogP contribution in [0.25, 0.3) is 10.9 Å². The summed E-state index contributed by atoms with van der Waals surface area (Å²) < 4.78 is 4.91. The van der Waals surface area contributed by atoms with Crippen molar-refractivity contribution in [2.75, 3.05) is 7.11 Å². The first-order chi connectivity index (χ1) is 10.2. The number of amides is 1. The molecule has 0 saturated carbocycles. The van der Waals surface area contributed by atoms with Gasteiger partial charge in [-0.25, -0.2) is 4.79 Å². The lowest BCUT2D eigenvalue weighted by molar-refractivity contribution is -0.153. The van der Waals surface area contributed by atoms with Gasteiger partial charge in [-0.1, -0.05) is 18.2 Å². The average molecular weight is 284 g/mol. The predicted molar refractivity (Wildman–Crippen MR) is 76.6 cm³/mol. The standard InChI is InChI=1S/C16H16N2O3/c1-21-16(20)13-8-10-9-4-2-3-5-11(9)17-15(10)12-6-7-14(19)18(12)13/h2-5,12-13,17H,6-8H2,1H3/t12-,13+/m1/s1. The maximum atomic E-state index is 12.2. The summed E-state index contributed by atoms with van der Waals surface area (Å²) in [6.07, 6.45) is 1.77. The first-order valence-electron chi connectivity index (χ1n) is 7.19. The summed E-state index contributed by atoms with van der Waals surface area (Å²) in [6, 6.07) is 7.54. The fourth-order valence-electron chi connectivity index (χ4n) is 3.73. The predicted octanol–water partition coefficient (Wildman–Crippen LogP) is 1.93. The van der Waals surface area contributed by atoms with Crippen LogP contribution >= 0.6 is 0 Å². The van der Waals surface area contributed by atoms with Crippen molar-refractivity contribution in [3.8, 4) is 0 Å². The van der Waals surface area contributed by atoms with Crippen LogP contribution in [-0.2, 0) is 20.7 Å². The van der Waals surface area contributed by atoms with E-state index >= 15 is 0 Å². The van der Waals surface area contributed by atoms with E-state index in [0.717, 1.165) is 28.6 Å². The van der Waals surface area contributed by atoms with Crippen molar-refractivity contribution in [1.29, 1.82) is 0 Å². The van der Waals surface area contributed by atoms with Gasteiger partial charge in [0.25, 0.3) is 0 Å². The molecule has 2 aliphatic rings. The van der Waals surface area contributed by atoms with E-state index < -0.39 is 6.04 Å². The second-order valence-corrected chi connectivity index (χ2v) is 5.66. The molecule has 5 heteroatoms. The Morgan fingerprint density at radius 2 is 2.19 bits per heavy atom. The minimum absolute atomic E-state index is 0.0299. The van der Waals surface area contributed by atoms with Crippen molar-refractivity contribution in [3.05, 3.63) is 35.5 Å². The molecule has 4 rings (SSSR count).